The summed E-state index contributed by atoms with van der Waals surface area (Å²) >= 11 is 6.11. The van der Waals surface area contributed by atoms with Gasteiger partial charge in [0.2, 0.25) is 0 Å². The first kappa shape index (κ1) is 16.7. The molecule has 0 N–H and O–H groups in total. The second-order valence-corrected chi connectivity index (χ2v) is 7.78. The van der Waals surface area contributed by atoms with Crippen LogP contribution in [0.1, 0.15) is 10.4 Å². The number of hydrogen-bond acceptors (Lipinski definition) is 2. The molecule has 0 atom stereocenters. The SMILES string of the molecule is COC(=O)c1cc(Cl)ccc1P(c1ccccc1)c1ccccc1. The van der Waals surface area contributed by atoms with E-state index in [0.29, 0.717) is 10.6 Å². The minimum Gasteiger partial charge on any atom is -0.465 e. The van der Waals surface area contributed by atoms with Crippen molar-refractivity contribution in [1.82, 2.24) is 0 Å². The number of benzene rings is 3. The molecule has 0 saturated carbocycles. The lowest BCUT2D eigenvalue weighted by atomic mass is 10.2. The van der Waals surface area contributed by atoms with Crippen LogP contribution in [0.2, 0.25) is 5.02 Å². The third kappa shape index (κ3) is 3.51. The molecule has 0 unspecified atom stereocenters. The smallest absolute Gasteiger partial charge is 0.338 e. The highest BCUT2D eigenvalue weighted by molar-refractivity contribution is 7.80. The minimum atomic E-state index is -0.877. The Morgan fingerprint density at radius 2 is 1.42 bits per heavy atom. The van der Waals surface area contributed by atoms with E-state index in [4.69, 9.17) is 16.3 Å². The van der Waals surface area contributed by atoms with Gasteiger partial charge in [-0.05, 0) is 36.0 Å². The highest BCUT2D eigenvalue weighted by Gasteiger charge is 2.23. The molecule has 0 bridgehead atoms. The van der Waals surface area contributed by atoms with Crippen LogP contribution < -0.4 is 15.9 Å². The third-order valence-corrected chi connectivity index (χ3v) is 6.37. The van der Waals surface area contributed by atoms with Crippen molar-refractivity contribution in [2.45, 2.75) is 0 Å². The van der Waals surface area contributed by atoms with Gasteiger partial charge in [-0.25, -0.2) is 4.79 Å². The quantitative estimate of drug-likeness (QED) is 0.525. The zero-order chi connectivity index (χ0) is 16.9. The molecule has 0 spiro atoms. The summed E-state index contributed by atoms with van der Waals surface area (Å²) in [7, 11) is 0.512. The lowest BCUT2D eigenvalue weighted by Gasteiger charge is -2.21. The number of rotatable bonds is 4. The van der Waals surface area contributed by atoms with E-state index < -0.39 is 7.92 Å². The Hall–Kier alpha value is -2.15. The Kier molecular flexibility index (Phi) is 5.30. The van der Waals surface area contributed by atoms with Gasteiger partial charge in [-0.2, -0.15) is 0 Å². The van der Waals surface area contributed by atoms with Crippen LogP contribution >= 0.6 is 19.5 Å². The predicted octanol–water partition coefficient (Wildman–Crippen LogP) is 3.88. The number of halogens is 1. The van der Waals surface area contributed by atoms with E-state index in [1.807, 2.05) is 48.5 Å². The molecule has 3 aromatic rings. The molecule has 0 fully saturated rings. The molecule has 3 rings (SSSR count). The van der Waals surface area contributed by atoms with Gasteiger partial charge < -0.3 is 4.74 Å². The largest absolute Gasteiger partial charge is 0.465 e. The van der Waals surface area contributed by atoms with Crippen LogP contribution in [0.3, 0.4) is 0 Å². The van der Waals surface area contributed by atoms with E-state index in [1.54, 1.807) is 6.07 Å². The third-order valence-electron chi connectivity index (χ3n) is 3.63. The molecule has 24 heavy (non-hydrogen) atoms. The van der Waals surface area contributed by atoms with Crippen molar-refractivity contribution in [3.8, 4) is 0 Å². The molecular formula is C20H16ClO2P. The molecule has 0 heterocycles. The van der Waals surface area contributed by atoms with E-state index >= 15 is 0 Å². The Morgan fingerprint density at radius 3 is 1.92 bits per heavy atom. The Labute approximate surface area is 147 Å². The van der Waals surface area contributed by atoms with E-state index in [9.17, 15) is 4.79 Å². The maximum atomic E-state index is 12.3. The molecule has 4 heteroatoms. The standard InChI is InChI=1S/C20H16ClO2P/c1-23-20(22)18-14-15(21)12-13-19(18)24(16-8-4-2-5-9-16)17-10-6-3-7-11-17/h2-14H,1H3. The lowest BCUT2D eigenvalue weighted by Crippen LogP contribution is -2.25. The Bertz CT molecular complexity index is 795. The van der Waals surface area contributed by atoms with Gasteiger partial charge in [0.1, 0.15) is 0 Å². The zero-order valence-electron chi connectivity index (χ0n) is 13.1. The van der Waals surface area contributed by atoms with Crippen LogP contribution in [-0.4, -0.2) is 13.1 Å². The van der Waals surface area contributed by atoms with E-state index in [0.717, 1.165) is 5.30 Å². The van der Waals surface area contributed by atoms with Crippen LogP contribution in [0.5, 0.6) is 0 Å². The van der Waals surface area contributed by atoms with Gasteiger partial charge >= 0.3 is 5.97 Å². The van der Waals surface area contributed by atoms with Crippen LogP contribution in [-0.2, 0) is 4.74 Å². The summed E-state index contributed by atoms with van der Waals surface area (Å²) in [5, 5.41) is 3.81. The van der Waals surface area contributed by atoms with Crippen molar-refractivity contribution in [3.63, 3.8) is 0 Å². The first-order valence-electron chi connectivity index (χ1n) is 7.49. The number of methoxy groups -OCH3 is 1. The van der Waals surface area contributed by atoms with Gasteiger partial charge in [0.25, 0.3) is 0 Å². The normalized spacial score (nSPS) is 10.6. The van der Waals surface area contributed by atoms with Crippen LogP contribution in [0.4, 0.5) is 0 Å². The van der Waals surface area contributed by atoms with E-state index in [1.165, 1.54) is 17.7 Å². The summed E-state index contributed by atoms with van der Waals surface area (Å²) in [4.78, 5) is 12.3. The minimum absolute atomic E-state index is 0.369. The van der Waals surface area contributed by atoms with E-state index in [-0.39, 0.29) is 5.97 Å². The molecule has 3 aromatic carbocycles. The topological polar surface area (TPSA) is 26.3 Å². The molecule has 0 aliphatic heterocycles. The summed E-state index contributed by atoms with van der Waals surface area (Å²) in [6.45, 7) is 0. The fourth-order valence-corrected chi connectivity index (χ4v) is 5.15. The summed E-state index contributed by atoms with van der Waals surface area (Å²) < 4.78 is 4.97. The molecule has 2 nitrogen and oxygen atoms in total. The van der Waals surface area contributed by atoms with Gasteiger partial charge in [-0.3, -0.25) is 0 Å². The lowest BCUT2D eigenvalue weighted by molar-refractivity contribution is 0.0602. The fourth-order valence-electron chi connectivity index (χ4n) is 2.56. The van der Waals surface area contributed by atoms with Crippen molar-refractivity contribution in [3.05, 3.63) is 89.4 Å². The number of ether oxygens (including phenoxy) is 1. The molecular weight excluding hydrogens is 339 g/mol. The molecule has 0 aliphatic rings. The van der Waals surface area contributed by atoms with Crippen molar-refractivity contribution in [1.29, 1.82) is 0 Å². The molecule has 0 aromatic heterocycles. The second-order valence-electron chi connectivity index (χ2n) is 5.16. The average molecular weight is 355 g/mol. The molecule has 0 radical (unpaired) electrons. The summed E-state index contributed by atoms with van der Waals surface area (Å²) in [6.07, 6.45) is 0. The molecule has 120 valence electrons. The highest BCUT2D eigenvalue weighted by Crippen LogP contribution is 2.34. The number of esters is 1. The molecule has 0 amide bonds. The fraction of sp³-hybridized carbons (Fsp3) is 0.0500. The van der Waals surface area contributed by atoms with Crippen LogP contribution in [0.15, 0.2) is 78.9 Å². The van der Waals surface area contributed by atoms with Gasteiger partial charge in [0.05, 0.1) is 12.7 Å². The first-order valence-corrected chi connectivity index (χ1v) is 9.21. The van der Waals surface area contributed by atoms with Crippen LogP contribution in [0, 0.1) is 0 Å². The number of carbonyl (C=O) groups is 1. The van der Waals surface area contributed by atoms with Gasteiger partial charge in [-0.15, -0.1) is 0 Å². The zero-order valence-corrected chi connectivity index (χ0v) is 14.8. The van der Waals surface area contributed by atoms with Gasteiger partial charge in [-0.1, -0.05) is 78.3 Å². The summed E-state index contributed by atoms with van der Waals surface area (Å²) in [6, 6.07) is 25.8. The Balaban J connectivity index is 2.22. The molecule has 0 saturated heterocycles. The first-order chi connectivity index (χ1) is 11.7. The molecule has 0 aliphatic carbocycles. The maximum Gasteiger partial charge on any atom is 0.338 e. The summed E-state index contributed by atoms with van der Waals surface area (Å²) in [5.41, 5.74) is 0.517. The van der Waals surface area contributed by atoms with Crippen LogP contribution in [0.25, 0.3) is 0 Å². The average Bonchev–Trinajstić information content (AvgIpc) is 2.64. The van der Waals surface area contributed by atoms with Crippen molar-refractivity contribution >= 4 is 41.4 Å². The number of hydrogen-bond donors (Lipinski definition) is 0. The van der Waals surface area contributed by atoms with Crippen molar-refractivity contribution in [2.24, 2.45) is 0 Å². The second kappa shape index (κ2) is 7.61. The maximum absolute atomic E-state index is 12.3. The number of carbonyl (C=O) groups excluding carboxylic acids is 1. The van der Waals surface area contributed by atoms with Crippen molar-refractivity contribution in [2.75, 3.05) is 7.11 Å². The predicted molar refractivity (Wildman–Crippen MR) is 101 cm³/mol. The highest BCUT2D eigenvalue weighted by atomic mass is 35.5. The van der Waals surface area contributed by atoms with E-state index in [2.05, 4.69) is 24.3 Å². The van der Waals surface area contributed by atoms with Gasteiger partial charge in [0, 0.05) is 5.02 Å². The Morgan fingerprint density at radius 1 is 0.875 bits per heavy atom. The van der Waals surface area contributed by atoms with Gasteiger partial charge in [0.15, 0.2) is 0 Å². The summed E-state index contributed by atoms with van der Waals surface area (Å²) in [5.74, 6) is -0.369. The van der Waals surface area contributed by atoms with Crippen molar-refractivity contribution < 1.29 is 9.53 Å². The monoisotopic (exact) mass is 354 g/mol.